The number of carbonyl (C=O) groups excluding carboxylic acids is 2. The molecule has 1 aliphatic heterocycles. The molecule has 29 heavy (non-hydrogen) atoms. The van der Waals surface area contributed by atoms with Gasteiger partial charge in [-0.3, -0.25) is 9.59 Å². The second-order valence-corrected chi connectivity index (χ2v) is 7.91. The minimum atomic E-state index is -0.313. The fourth-order valence-corrected chi connectivity index (χ4v) is 4.03. The van der Waals surface area contributed by atoms with Crippen LogP contribution in [0, 0.1) is 6.92 Å². The zero-order valence-corrected chi connectivity index (χ0v) is 17.9. The molecular formula is C21H28N4O3S. The van der Waals surface area contributed by atoms with Crippen LogP contribution in [-0.2, 0) is 20.7 Å². The lowest BCUT2D eigenvalue weighted by Gasteiger charge is -2.21. The number of rotatable bonds is 7. The molecule has 1 aromatic heterocycles. The second kappa shape index (κ2) is 10.3. The number of anilines is 1. The molecule has 7 nitrogen and oxygen atoms in total. The number of amides is 1. The molecule has 0 N–H and O–H groups in total. The molecule has 2 heterocycles. The fourth-order valence-electron chi connectivity index (χ4n) is 3.29. The van der Waals surface area contributed by atoms with E-state index in [9.17, 15) is 9.59 Å². The van der Waals surface area contributed by atoms with Gasteiger partial charge in [-0.05, 0) is 25.8 Å². The van der Waals surface area contributed by atoms with Crippen LogP contribution in [0.5, 0.6) is 0 Å². The first kappa shape index (κ1) is 21.2. The van der Waals surface area contributed by atoms with E-state index in [1.807, 2.05) is 4.90 Å². The van der Waals surface area contributed by atoms with Gasteiger partial charge in [-0.25, -0.2) is 4.98 Å². The lowest BCUT2D eigenvalue weighted by Crippen LogP contribution is -2.35. The van der Waals surface area contributed by atoms with E-state index < -0.39 is 0 Å². The number of esters is 1. The number of ether oxygens (including phenoxy) is 1. The van der Waals surface area contributed by atoms with Gasteiger partial charge < -0.3 is 14.5 Å². The molecule has 2 aromatic rings. The van der Waals surface area contributed by atoms with Gasteiger partial charge in [0, 0.05) is 50.6 Å². The Kier molecular flexibility index (Phi) is 7.57. The van der Waals surface area contributed by atoms with Crippen LogP contribution >= 0.6 is 11.5 Å². The van der Waals surface area contributed by atoms with Gasteiger partial charge in [-0.15, -0.1) is 0 Å². The number of hydrogen-bond acceptors (Lipinski definition) is 7. The Morgan fingerprint density at radius 3 is 2.66 bits per heavy atom. The van der Waals surface area contributed by atoms with E-state index in [1.165, 1.54) is 22.7 Å². The highest BCUT2D eigenvalue weighted by atomic mass is 32.1. The van der Waals surface area contributed by atoms with Crippen molar-refractivity contribution in [3.05, 3.63) is 41.2 Å². The first-order valence-electron chi connectivity index (χ1n) is 10.1. The summed E-state index contributed by atoms with van der Waals surface area (Å²) in [5.74, 6) is 0.532. The van der Waals surface area contributed by atoms with Crippen molar-refractivity contribution >= 4 is 28.5 Å². The predicted molar refractivity (Wildman–Crippen MR) is 113 cm³/mol. The maximum absolute atomic E-state index is 12.4. The molecule has 0 spiro atoms. The molecule has 0 aliphatic carbocycles. The highest BCUT2D eigenvalue weighted by molar-refractivity contribution is 7.09. The molecule has 1 saturated heterocycles. The summed E-state index contributed by atoms with van der Waals surface area (Å²) in [4.78, 5) is 32.6. The smallest absolute Gasteiger partial charge is 0.306 e. The maximum atomic E-state index is 12.4. The fraction of sp³-hybridized carbons (Fsp3) is 0.524. The summed E-state index contributed by atoms with van der Waals surface area (Å²) < 4.78 is 9.42. The molecule has 0 radical (unpaired) electrons. The quantitative estimate of drug-likeness (QED) is 0.646. The van der Waals surface area contributed by atoms with E-state index in [4.69, 9.17) is 9.72 Å². The number of hydrogen-bond donors (Lipinski definition) is 0. The maximum Gasteiger partial charge on any atom is 0.306 e. The highest BCUT2D eigenvalue weighted by Crippen LogP contribution is 2.21. The Morgan fingerprint density at radius 2 is 1.90 bits per heavy atom. The molecular weight excluding hydrogens is 388 g/mol. The predicted octanol–water partition coefficient (Wildman–Crippen LogP) is 2.82. The Labute approximate surface area is 175 Å². The van der Waals surface area contributed by atoms with Gasteiger partial charge in [0.05, 0.1) is 13.0 Å². The van der Waals surface area contributed by atoms with Crippen LogP contribution in [0.4, 0.5) is 5.13 Å². The molecule has 0 saturated carbocycles. The second-order valence-electron chi connectivity index (χ2n) is 7.18. The lowest BCUT2D eigenvalue weighted by molar-refractivity contribution is -0.145. The summed E-state index contributed by atoms with van der Waals surface area (Å²) in [5.41, 5.74) is 2.45. The molecule has 0 atom stereocenters. The van der Waals surface area contributed by atoms with Crippen LogP contribution in [0.15, 0.2) is 24.3 Å². The van der Waals surface area contributed by atoms with Crippen LogP contribution in [-0.4, -0.2) is 58.9 Å². The summed E-state index contributed by atoms with van der Waals surface area (Å²) in [6, 6.07) is 8.43. The minimum Gasteiger partial charge on any atom is -0.466 e. The van der Waals surface area contributed by atoms with E-state index in [0.717, 1.165) is 36.9 Å². The molecule has 156 valence electrons. The molecule has 8 heteroatoms. The average Bonchev–Trinajstić information content (AvgIpc) is 3.03. The largest absolute Gasteiger partial charge is 0.466 e. The van der Waals surface area contributed by atoms with Gasteiger partial charge in [0.1, 0.15) is 5.82 Å². The van der Waals surface area contributed by atoms with E-state index >= 15 is 0 Å². The minimum absolute atomic E-state index is 0.0113. The Hall–Kier alpha value is -2.48. The van der Waals surface area contributed by atoms with E-state index in [0.29, 0.717) is 19.7 Å². The topological polar surface area (TPSA) is 75.6 Å². The van der Waals surface area contributed by atoms with Crippen molar-refractivity contribution < 1.29 is 14.3 Å². The summed E-state index contributed by atoms with van der Waals surface area (Å²) in [6.07, 6.45) is 1.95. The third kappa shape index (κ3) is 6.25. The van der Waals surface area contributed by atoms with E-state index in [2.05, 4.69) is 40.5 Å². The van der Waals surface area contributed by atoms with Gasteiger partial charge in [0.15, 0.2) is 0 Å². The van der Waals surface area contributed by atoms with Crippen molar-refractivity contribution in [3.63, 3.8) is 0 Å². The van der Waals surface area contributed by atoms with Crippen molar-refractivity contribution in [1.29, 1.82) is 0 Å². The van der Waals surface area contributed by atoms with Crippen LogP contribution in [0.25, 0.3) is 0 Å². The molecule has 1 amide bonds. The highest BCUT2D eigenvalue weighted by Gasteiger charge is 2.22. The third-order valence-electron chi connectivity index (χ3n) is 4.91. The van der Waals surface area contributed by atoms with Crippen molar-refractivity contribution in [1.82, 2.24) is 14.3 Å². The molecule has 3 rings (SSSR count). The van der Waals surface area contributed by atoms with Crippen LogP contribution in [0.2, 0.25) is 0 Å². The van der Waals surface area contributed by atoms with Crippen molar-refractivity contribution in [3.8, 4) is 0 Å². The average molecular weight is 417 g/mol. The summed E-state index contributed by atoms with van der Waals surface area (Å²) in [5, 5.41) is 0.910. The Bertz CT molecular complexity index is 822. The van der Waals surface area contributed by atoms with Crippen LogP contribution < -0.4 is 4.90 Å². The molecule has 0 bridgehead atoms. The number of aryl methyl sites for hydroxylation is 1. The lowest BCUT2D eigenvalue weighted by atomic mass is 10.1. The zero-order chi connectivity index (χ0) is 20.6. The normalized spacial score (nSPS) is 14.6. The zero-order valence-electron chi connectivity index (χ0n) is 17.1. The van der Waals surface area contributed by atoms with Crippen molar-refractivity contribution in [2.75, 3.05) is 37.7 Å². The molecule has 0 unspecified atom stereocenters. The van der Waals surface area contributed by atoms with Gasteiger partial charge in [0.25, 0.3) is 0 Å². The Morgan fingerprint density at radius 1 is 1.10 bits per heavy atom. The van der Waals surface area contributed by atoms with Crippen molar-refractivity contribution in [2.45, 2.75) is 39.5 Å². The van der Waals surface area contributed by atoms with Gasteiger partial charge in [-0.1, -0.05) is 29.8 Å². The van der Waals surface area contributed by atoms with Gasteiger partial charge >= 0.3 is 5.97 Å². The Balaban J connectivity index is 1.51. The molecule has 1 aliphatic rings. The summed E-state index contributed by atoms with van der Waals surface area (Å²) >= 11 is 1.42. The number of carbonyl (C=O) groups is 2. The van der Waals surface area contributed by atoms with Crippen molar-refractivity contribution in [2.24, 2.45) is 0 Å². The number of nitrogens with zero attached hydrogens (tertiary/aromatic N) is 4. The molecule has 1 aromatic carbocycles. The van der Waals surface area contributed by atoms with Gasteiger partial charge in [-0.2, -0.15) is 4.37 Å². The summed E-state index contributed by atoms with van der Waals surface area (Å²) in [6.45, 7) is 7.10. The van der Waals surface area contributed by atoms with Crippen LogP contribution in [0.1, 0.15) is 43.1 Å². The van der Waals surface area contributed by atoms with E-state index in [1.54, 1.807) is 6.92 Å². The number of benzene rings is 1. The standard InChI is InChI=1S/C21H28N4O3S/c1-3-28-20(27)10-9-19(26)24-11-4-12-25(14-13-24)21-22-18(23-29-21)15-17-7-5-16(2)6-8-17/h5-8H,3-4,9-15H2,1-2H3. The van der Waals surface area contributed by atoms with Crippen LogP contribution in [0.3, 0.4) is 0 Å². The molecule has 1 fully saturated rings. The monoisotopic (exact) mass is 416 g/mol. The number of aromatic nitrogens is 2. The van der Waals surface area contributed by atoms with E-state index in [-0.39, 0.29) is 24.7 Å². The first-order chi connectivity index (χ1) is 14.0. The first-order valence-corrected chi connectivity index (χ1v) is 10.9. The third-order valence-corrected chi connectivity index (χ3v) is 5.72. The van der Waals surface area contributed by atoms with Gasteiger partial charge in [0.2, 0.25) is 11.0 Å². The SMILES string of the molecule is CCOC(=O)CCC(=O)N1CCCN(c2nc(Cc3ccc(C)cc3)ns2)CC1. The summed E-state index contributed by atoms with van der Waals surface area (Å²) in [7, 11) is 0.